The number of rotatable bonds is 6. The van der Waals surface area contributed by atoms with Gasteiger partial charge < -0.3 is 10.5 Å². The van der Waals surface area contributed by atoms with Crippen LogP contribution in [-0.2, 0) is 11.2 Å². The molecule has 96 valence electrons. The number of ether oxygens (including phenoxy) is 1. The highest BCUT2D eigenvalue weighted by Gasteiger charge is 2.23. The van der Waals surface area contributed by atoms with Crippen molar-refractivity contribution in [3.63, 3.8) is 0 Å². The lowest BCUT2D eigenvalue weighted by molar-refractivity contribution is 0.0630. The molecule has 1 aromatic rings. The van der Waals surface area contributed by atoms with Gasteiger partial charge in [-0.05, 0) is 42.7 Å². The molecule has 2 atom stereocenters. The van der Waals surface area contributed by atoms with E-state index in [0.29, 0.717) is 11.8 Å². The molecule has 1 aliphatic rings. The van der Waals surface area contributed by atoms with Crippen LogP contribution < -0.4 is 5.73 Å². The molecule has 0 radical (unpaired) electrons. The highest BCUT2D eigenvalue weighted by atomic mass is 32.1. The van der Waals surface area contributed by atoms with Gasteiger partial charge in [-0.3, -0.25) is 0 Å². The Kier molecular flexibility index (Phi) is 5.49. The first kappa shape index (κ1) is 13.1. The summed E-state index contributed by atoms with van der Waals surface area (Å²) >= 11 is 1.81. The molecule has 0 aromatic carbocycles. The van der Waals surface area contributed by atoms with Gasteiger partial charge in [-0.2, -0.15) is 0 Å². The van der Waals surface area contributed by atoms with Crippen LogP contribution in [0.5, 0.6) is 0 Å². The summed E-state index contributed by atoms with van der Waals surface area (Å²) in [5.74, 6) is 1.41. The van der Waals surface area contributed by atoms with Gasteiger partial charge in [-0.25, -0.2) is 0 Å². The molecule has 2 N–H and O–H groups in total. The average Bonchev–Trinajstić information content (AvgIpc) is 2.88. The summed E-state index contributed by atoms with van der Waals surface area (Å²) < 4.78 is 5.83. The van der Waals surface area contributed by atoms with Crippen molar-refractivity contribution in [3.8, 4) is 0 Å². The standard InChI is InChI=1S/C14H23NOS/c15-10-12-4-1-2-5-13(12)11-16-8-7-14-6-3-9-17-14/h3,6,9,12-13H,1-2,4-5,7-8,10-11,15H2. The molecule has 3 heteroatoms. The summed E-state index contributed by atoms with van der Waals surface area (Å²) in [5.41, 5.74) is 5.82. The lowest BCUT2D eigenvalue weighted by Gasteiger charge is -2.30. The summed E-state index contributed by atoms with van der Waals surface area (Å²) in [4.78, 5) is 1.42. The molecular formula is C14H23NOS. The maximum Gasteiger partial charge on any atom is 0.0514 e. The number of nitrogens with two attached hydrogens (primary N) is 1. The van der Waals surface area contributed by atoms with E-state index in [9.17, 15) is 0 Å². The van der Waals surface area contributed by atoms with Crippen molar-refractivity contribution in [2.45, 2.75) is 32.1 Å². The average molecular weight is 253 g/mol. The first-order valence-electron chi connectivity index (χ1n) is 6.70. The third-order valence-corrected chi connectivity index (χ3v) is 4.71. The van der Waals surface area contributed by atoms with Gasteiger partial charge in [0.25, 0.3) is 0 Å². The molecule has 1 saturated carbocycles. The van der Waals surface area contributed by atoms with Crippen molar-refractivity contribution in [1.29, 1.82) is 0 Å². The summed E-state index contributed by atoms with van der Waals surface area (Å²) in [5, 5.41) is 2.13. The molecule has 2 nitrogen and oxygen atoms in total. The highest BCUT2D eigenvalue weighted by Crippen LogP contribution is 2.29. The third-order valence-electron chi connectivity index (χ3n) is 3.77. The number of thiophene rings is 1. The highest BCUT2D eigenvalue weighted by molar-refractivity contribution is 7.09. The third kappa shape index (κ3) is 4.09. The van der Waals surface area contributed by atoms with E-state index in [1.54, 1.807) is 0 Å². The van der Waals surface area contributed by atoms with Gasteiger partial charge in [0.1, 0.15) is 0 Å². The number of hydrogen-bond donors (Lipinski definition) is 1. The zero-order valence-corrected chi connectivity index (χ0v) is 11.3. The predicted molar refractivity (Wildman–Crippen MR) is 73.3 cm³/mol. The molecule has 1 heterocycles. The fourth-order valence-electron chi connectivity index (χ4n) is 2.68. The Balaban J connectivity index is 1.63. The van der Waals surface area contributed by atoms with Gasteiger partial charge >= 0.3 is 0 Å². The summed E-state index contributed by atoms with van der Waals surface area (Å²) in [6.45, 7) is 2.60. The van der Waals surface area contributed by atoms with Gasteiger partial charge in [0.2, 0.25) is 0 Å². The molecule has 0 aliphatic heterocycles. The molecule has 0 bridgehead atoms. The van der Waals surface area contributed by atoms with Gasteiger partial charge in [0, 0.05) is 17.9 Å². The van der Waals surface area contributed by atoms with Crippen molar-refractivity contribution >= 4 is 11.3 Å². The zero-order chi connectivity index (χ0) is 11.9. The molecule has 0 saturated heterocycles. The molecular weight excluding hydrogens is 230 g/mol. The normalized spacial score (nSPS) is 25.0. The Morgan fingerprint density at radius 2 is 2.12 bits per heavy atom. The quantitative estimate of drug-likeness (QED) is 0.791. The van der Waals surface area contributed by atoms with E-state index < -0.39 is 0 Å². The van der Waals surface area contributed by atoms with Crippen LogP contribution in [0.1, 0.15) is 30.6 Å². The van der Waals surface area contributed by atoms with E-state index in [4.69, 9.17) is 10.5 Å². The lowest BCUT2D eigenvalue weighted by atomic mass is 9.80. The van der Waals surface area contributed by atoms with Crippen molar-refractivity contribution in [2.75, 3.05) is 19.8 Å². The predicted octanol–water partition coefficient (Wildman–Crippen LogP) is 3.07. The maximum atomic E-state index is 5.83. The minimum atomic E-state index is 0.700. The van der Waals surface area contributed by atoms with Crippen molar-refractivity contribution in [2.24, 2.45) is 17.6 Å². The summed E-state index contributed by atoms with van der Waals surface area (Å²) in [6, 6.07) is 4.28. The lowest BCUT2D eigenvalue weighted by Crippen LogP contribution is -2.30. The number of hydrogen-bond acceptors (Lipinski definition) is 3. The molecule has 2 rings (SSSR count). The van der Waals surface area contributed by atoms with Crippen LogP contribution in [-0.4, -0.2) is 19.8 Å². The molecule has 2 unspecified atom stereocenters. The fraction of sp³-hybridized carbons (Fsp3) is 0.714. The Labute approximate surface area is 108 Å². The van der Waals surface area contributed by atoms with Crippen molar-refractivity contribution in [3.05, 3.63) is 22.4 Å². The molecule has 0 spiro atoms. The van der Waals surface area contributed by atoms with Crippen LogP contribution in [0, 0.1) is 11.8 Å². The Morgan fingerprint density at radius 1 is 1.29 bits per heavy atom. The van der Waals surface area contributed by atoms with Crippen LogP contribution >= 0.6 is 11.3 Å². The zero-order valence-electron chi connectivity index (χ0n) is 10.4. The monoisotopic (exact) mass is 253 g/mol. The SMILES string of the molecule is NCC1CCCCC1COCCc1cccs1. The van der Waals surface area contributed by atoms with Crippen molar-refractivity contribution < 1.29 is 4.74 Å². The second-order valence-corrected chi connectivity index (χ2v) is 5.98. The molecule has 17 heavy (non-hydrogen) atoms. The Hall–Kier alpha value is -0.380. The largest absolute Gasteiger partial charge is 0.381 e. The van der Waals surface area contributed by atoms with Crippen LogP contribution in [0.15, 0.2) is 17.5 Å². The van der Waals surface area contributed by atoms with Crippen molar-refractivity contribution in [1.82, 2.24) is 0 Å². The Bertz CT molecular complexity index is 299. The van der Waals surface area contributed by atoms with Gasteiger partial charge in [-0.1, -0.05) is 18.9 Å². The van der Waals surface area contributed by atoms with Gasteiger partial charge in [0.05, 0.1) is 6.61 Å². The molecule has 0 amide bonds. The van der Waals surface area contributed by atoms with Crippen LogP contribution in [0.4, 0.5) is 0 Å². The van der Waals surface area contributed by atoms with Crippen LogP contribution in [0.3, 0.4) is 0 Å². The summed E-state index contributed by atoms with van der Waals surface area (Å²) in [7, 11) is 0. The van der Waals surface area contributed by atoms with Gasteiger partial charge in [-0.15, -0.1) is 11.3 Å². The maximum absolute atomic E-state index is 5.83. The van der Waals surface area contributed by atoms with Crippen LogP contribution in [0.2, 0.25) is 0 Å². The molecule has 1 fully saturated rings. The van der Waals surface area contributed by atoms with E-state index in [2.05, 4.69) is 17.5 Å². The topological polar surface area (TPSA) is 35.2 Å². The minimum Gasteiger partial charge on any atom is -0.381 e. The molecule has 1 aromatic heterocycles. The molecule has 1 aliphatic carbocycles. The van der Waals surface area contributed by atoms with E-state index in [1.807, 2.05) is 11.3 Å². The van der Waals surface area contributed by atoms with Crippen LogP contribution in [0.25, 0.3) is 0 Å². The first-order valence-corrected chi connectivity index (χ1v) is 7.58. The van der Waals surface area contributed by atoms with E-state index in [1.165, 1.54) is 30.6 Å². The Morgan fingerprint density at radius 3 is 2.82 bits per heavy atom. The second kappa shape index (κ2) is 7.14. The summed E-state index contributed by atoms with van der Waals surface area (Å²) in [6.07, 6.45) is 6.37. The van der Waals surface area contributed by atoms with E-state index in [-0.39, 0.29) is 0 Å². The second-order valence-electron chi connectivity index (χ2n) is 4.94. The van der Waals surface area contributed by atoms with Gasteiger partial charge in [0.15, 0.2) is 0 Å². The minimum absolute atomic E-state index is 0.700. The first-order chi connectivity index (χ1) is 8.40. The smallest absolute Gasteiger partial charge is 0.0514 e. The van der Waals surface area contributed by atoms with E-state index in [0.717, 1.165) is 26.2 Å². The fourth-order valence-corrected chi connectivity index (χ4v) is 3.37. The van der Waals surface area contributed by atoms with E-state index >= 15 is 0 Å².